The Morgan fingerprint density at radius 2 is 0.968 bits per heavy atom. The first kappa shape index (κ1) is 36.0. The Morgan fingerprint density at radius 3 is 1.74 bits per heavy atom. The maximum atomic E-state index is 6.56. The summed E-state index contributed by atoms with van der Waals surface area (Å²) in [6, 6.07) is 86.4. The third kappa shape index (κ3) is 5.72. The summed E-state index contributed by atoms with van der Waals surface area (Å²) in [5.41, 5.74) is 17.1. The first-order valence-electron chi connectivity index (χ1n) is 21.4. The fourth-order valence-corrected chi connectivity index (χ4v) is 10.2. The topological polar surface area (TPSA) is 16.4 Å². The molecule has 10 aromatic carbocycles. The molecule has 2 nitrogen and oxygen atoms in total. The molecule has 292 valence electrons. The van der Waals surface area contributed by atoms with Crippen LogP contribution in [0, 0.1) is 0 Å². The molecule has 0 unspecified atom stereocenters. The van der Waals surface area contributed by atoms with Gasteiger partial charge in [-0.3, -0.25) is 0 Å². The van der Waals surface area contributed by atoms with Crippen molar-refractivity contribution >= 4 is 44.1 Å². The van der Waals surface area contributed by atoms with Crippen molar-refractivity contribution in [1.82, 2.24) is 0 Å². The second-order valence-corrected chi connectivity index (χ2v) is 16.4. The predicted molar refractivity (Wildman–Crippen MR) is 258 cm³/mol. The molecule has 0 atom stereocenters. The van der Waals surface area contributed by atoms with E-state index in [4.69, 9.17) is 4.42 Å². The minimum Gasteiger partial charge on any atom is -0.456 e. The van der Waals surface area contributed by atoms with Crippen LogP contribution < -0.4 is 4.90 Å². The van der Waals surface area contributed by atoms with E-state index in [1.165, 1.54) is 66.4 Å². The van der Waals surface area contributed by atoms with Crippen LogP contribution in [-0.2, 0) is 12.0 Å². The number of furan rings is 1. The SMILES string of the molecule is c1ccc(-c2ccc(-c3c(CN(c4ccc5c(c4)C(c4ccccc4)(c4ccccc4)c4ccccc4-5)c4ccc5ccccc5c4)ccc4oc5ccccc5c34)cc2)cc1. The van der Waals surface area contributed by atoms with E-state index < -0.39 is 5.41 Å². The summed E-state index contributed by atoms with van der Waals surface area (Å²) in [6.45, 7) is 0.624. The first-order valence-corrected chi connectivity index (χ1v) is 21.4. The lowest BCUT2D eigenvalue weighted by Crippen LogP contribution is -2.29. The molecule has 12 rings (SSSR count). The second-order valence-electron chi connectivity index (χ2n) is 16.4. The van der Waals surface area contributed by atoms with E-state index in [0.29, 0.717) is 6.54 Å². The highest BCUT2D eigenvalue weighted by atomic mass is 16.3. The molecule has 0 N–H and O–H groups in total. The first-order chi connectivity index (χ1) is 30.7. The average Bonchev–Trinajstić information content (AvgIpc) is 3.87. The smallest absolute Gasteiger partial charge is 0.136 e. The Hall–Kier alpha value is -7.94. The summed E-state index contributed by atoms with van der Waals surface area (Å²) in [7, 11) is 0. The molecule has 0 amide bonds. The van der Waals surface area contributed by atoms with Gasteiger partial charge in [0.05, 0.1) is 5.41 Å². The molecule has 0 aliphatic heterocycles. The van der Waals surface area contributed by atoms with Crippen molar-refractivity contribution in [3.05, 3.63) is 264 Å². The zero-order valence-corrected chi connectivity index (χ0v) is 34.1. The zero-order valence-electron chi connectivity index (χ0n) is 34.1. The lowest BCUT2D eigenvalue weighted by atomic mass is 9.67. The Bertz CT molecular complexity index is 3380. The monoisotopic (exact) mass is 791 g/mol. The molecule has 11 aromatic rings. The van der Waals surface area contributed by atoms with Gasteiger partial charge in [-0.1, -0.05) is 200 Å². The van der Waals surface area contributed by atoms with Gasteiger partial charge in [0.15, 0.2) is 0 Å². The maximum absolute atomic E-state index is 6.56. The number of para-hydroxylation sites is 1. The summed E-state index contributed by atoms with van der Waals surface area (Å²) in [4.78, 5) is 2.52. The summed E-state index contributed by atoms with van der Waals surface area (Å²) in [5, 5.41) is 4.69. The fraction of sp³-hybridized carbons (Fsp3) is 0.0333. The quantitative estimate of drug-likeness (QED) is 0.152. The van der Waals surface area contributed by atoms with Crippen molar-refractivity contribution in [2.75, 3.05) is 4.90 Å². The summed E-state index contributed by atoms with van der Waals surface area (Å²) in [6.07, 6.45) is 0. The molecule has 0 fully saturated rings. The van der Waals surface area contributed by atoms with Gasteiger partial charge in [-0.2, -0.15) is 0 Å². The number of hydrogen-bond donors (Lipinski definition) is 0. The van der Waals surface area contributed by atoms with Crippen molar-refractivity contribution in [1.29, 1.82) is 0 Å². The third-order valence-electron chi connectivity index (χ3n) is 13.0. The van der Waals surface area contributed by atoms with Gasteiger partial charge in [-0.05, 0) is 108 Å². The van der Waals surface area contributed by atoms with Crippen LogP contribution in [0.5, 0.6) is 0 Å². The van der Waals surface area contributed by atoms with Gasteiger partial charge >= 0.3 is 0 Å². The highest BCUT2D eigenvalue weighted by molar-refractivity contribution is 6.13. The summed E-state index contributed by atoms with van der Waals surface area (Å²) < 4.78 is 6.56. The Morgan fingerprint density at radius 1 is 0.387 bits per heavy atom. The van der Waals surface area contributed by atoms with E-state index in [1.807, 2.05) is 0 Å². The molecule has 62 heavy (non-hydrogen) atoms. The minimum atomic E-state index is -0.514. The van der Waals surface area contributed by atoms with E-state index in [9.17, 15) is 0 Å². The number of anilines is 2. The molecular formula is C60H41NO. The van der Waals surface area contributed by atoms with Crippen LogP contribution in [0.25, 0.3) is 66.1 Å². The zero-order chi connectivity index (χ0) is 41.0. The van der Waals surface area contributed by atoms with E-state index in [-0.39, 0.29) is 0 Å². The van der Waals surface area contributed by atoms with E-state index in [1.54, 1.807) is 0 Å². The van der Waals surface area contributed by atoms with Crippen LogP contribution in [0.1, 0.15) is 27.8 Å². The van der Waals surface area contributed by atoms with E-state index in [2.05, 4.69) is 241 Å². The number of rotatable bonds is 8. The van der Waals surface area contributed by atoms with Gasteiger partial charge < -0.3 is 9.32 Å². The third-order valence-corrected chi connectivity index (χ3v) is 13.0. The Kier molecular flexibility index (Phi) is 8.50. The highest BCUT2D eigenvalue weighted by Crippen LogP contribution is 2.57. The molecule has 0 spiro atoms. The van der Waals surface area contributed by atoms with Crippen LogP contribution in [0.4, 0.5) is 11.4 Å². The maximum Gasteiger partial charge on any atom is 0.136 e. The lowest BCUT2D eigenvalue weighted by Gasteiger charge is -2.35. The van der Waals surface area contributed by atoms with Gasteiger partial charge in [0, 0.05) is 28.7 Å². The van der Waals surface area contributed by atoms with Crippen LogP contribution in [0.3, 0.4) is 0 Å². The summed E-state index contributed by atoms with van der Waals surface area (Å²) >= 11 is 0. The van der Waals surface area contributed by atoms with Crippen LogP contribution in [-0.4, -0.2) is 0 Å². The normalized spacial score (nSPS) is 12.7. The molecule has 1 aromatic heterocycles. The predicted octanol–water partition coefficient (Wildman–Crippen LogP) is 15.8. The van der Waals surface area contributed by atoms with Crippen molar-refractivity contribution in [3.8, 4) is 33.4 Å². The molecule has 0 radical (unpaired) electrons. The highest BCUT2D eigenvalue weighted by Gasteiger charge is 2.46. The Balaban J connectivity index is 1.10. The molecule has 1 aliphatic carbocycles. The number of benzene rings is 10. The van der Waals surface area contributed by atoms with Crippen LogP contribution in [0.2, 0.25) is 0 Å². The van der Waals surface area contributed by atoms with Crippen LogP contribution in [0.15, 0.2) is 241 Å². The van der Waals surface area contributed by atoms with Gasteiger partial charge in [0.2, 0.25) is 0 Å². The van der Waals surface area contributed by atoms with E-state index in [0.717, 1.165) is 38.9 Å². The number of hydrogen-bond acceptors (Lipinski definition) is 2. The number of fused-ring (bicyclic) bond motifs is 7. The van der Waals surface area contributed by atoms with Crippen molar-refractivity contribution in [3.63, 3.8) is 0 Å². The Labute approximate surface area is 361 Å². The van der Waals surface area contributed by atoms with Gasteiger partial charge in [-0.15, -0.1) is 0 Å². The van der Waals surface area contributed by atoms with E-state index >= 15 is 0 Å². The molecule has 0 saturated carbocycles. The molecule has 0 bridgehead atoms. The average molecular weight is 792 g/mol. The van der Waals surface area contributed by atoms with Crippen molar-refractivity contribution in [2.45, 2.75) is 12.0 Å². The molecule has 0 saturated heterocycles. The largest absolute Gasteiger partial charge is 0.456 e. The van der Waals surface area contributed by atoms with Gasteiger partial charge in [-0.25, -0.2) is 0 Å². The van der Waals surface area contributed by atoms with Gasteiger partial charge in [0.1, 0.15) is 11.2 Å². The van der Waals surface area contributed by atoms with Crippen molar-refractivity contribution < 1.29 is 4.42 Å². The van der Waals surface area contributed by atoms with Crippen molar-refractivity contribution in [2.24, 2.45) is 0 Å². The molecule has 1 heterocycles. The minimum absolute atomic E-state index is 0.514. The lowest BCUT2D eigenvalue weighted by molar-refractivity contribution is 0.669. The fourth-order valence-electron chi connectivity index (χ4n) is 10.2. The number of nitrogens with zero attached hydrogens (tertiary/aromatic N) is 1. The molecule has 2 heteroatoms. The summed E-state index contributed by atoms with van der Waals surface area (Å²) in [5.74, 6) is 0. The second kappa shape index (κ2) is 14.7. The molecular weight excluding hydrogens is 751 g/mol. The van der Waals surface area contributed by atoms with Crippen LogP contribution >= 0.6 is 0 Å². The standard InChI is InChI=1S/C60H41NO/c1-4-16-41(17-5-1)43-28-30-44(31-29-43)58-46(33-37-57-59(58)53-25-13-15-27-56(53)62-57)40-61(49-34-32-42-18-10-11-19-45(42)38-49)50-35-36-52-51-24-12-14-26-54(51)60(55(52)39-50,47-20-6-2-7-21-47)48-22-8-3-9-23-48/h1-39H,40H2. The molecule has 1 aliphatic rings. The van der Waals surface area contributed by atoms with Gasteiger partial charge in [0.25, 0.3) is 0 Å².